The average molecular weight is 411 g/mol. The Morgan fingerprint density at radius 3 is 2.77 bits per heavy atom. The van der Waals surface area contributed by atoms with E-state index in [9.17, 15) is 9.90 Å². The molecule has 1 aliphatic carbocycles. The molecular weight excluding hydrogens is 386 g/mol. The first kappa shape index (κ1) is 20.0. The van der Waals surface area contributed by atoms with Crippen LogP contribution in [0.25, 0.3) is 11.2 Å². The van der Waals surface area contributed by atoms with Crippen molar-refractivity contribution in [1.82, 2.24) is 29.8 Å². The lowest BCUT2D eigenvalue weighted by Gasteiger charge is -2.16. The van der Waals surface area contributed by atoms with Gasteiger partial charge in [0.1, 0.15) is 17.7 Å². The van der Waals surface area contributed by atoms with Gasteiger partial charge in [0.05, 0.1) is 36.7 Å². The fourth-order valence-electron chi connectivity index (χ4n) is 3.33. The predicted molar refractivity (Wildman–Crippen MR) is 111 cm³/mol. The number of amides is 1. The summed E-state index contributed by atoms with van der Waals surface area (Å²) < 4.78 is 7.05. The molecule has 0 spiro atoms. The zero-order valence-corrected chi connectivity index (χ0v) is 17.5. The molecule has 1 aliphatic rings. The molecule has 0 aromatic carbocycles. The molecule has 0 bridgehead atoms. The van der Waals surface area contributed by atoms with Crippen LogP contribution >= 0.6 is 0 Å². The Bertz CT molecular complexity index is 1110. The molecule has 2 N–H and O–H groups in total. The van der Waals surface area contributed by atoms with Crippen LogP contribution < -0.4 is 15.0 Å². The third kappa shape index (κ3) is 3.78. The van der Waals surface area contributed by atoms with E-state index in [1.165, 1.54) is 19.6 Å². The molecule has 0 atom stereocenters. The summed E-state index contributed by atoms with van der Waals surface area (Å²) in [6, 6.07) is 0. The molecule has 3 aromatic rings. The van der Waals surface area contributed by atoms with Gasteiger partial charge in [-0.1, -0.05) is 0 Å². The highest BCUT2D eigenvalue weighted by Gasteiger charge is 2.40. The number of ether oxygens (including phenoxy) is 1. The number of aromatic nitrogens is 5. The first-order valence-corrected chi connectivity index (χ1v) is 9.69. The average Bonchev–Trinajstić information content (AvgIpc) is 3.36. The van der Waals surface area contributed by atoms with Crippen molar-refractivity contribution < 1.29 is 14.6 Å². The number of rotatable bonds is 7. The SMILES string of the molecule is COc1cnc2c(C(=O)NCC3(O)CC3)cn(Cc3ncnc(N(C)C)c3C)c2n1. The number of hydrogen-bond donors (Lipinski definition) is 2. The lowest BCUT2D eigenvalue weighted by atomic mass is 10.2. The number of fused-ring (bicyclic) bond motifs is 1. The molecular formula is C20H25N7O3. The predicted octanol–water partition coefficient (Wildman–Crippen LogP) is 0.907. The van der Waals surface area contributed by atoms with Crippen molar-refractivity contribution in [2.75, 3.05) is 32.6 Å². The number of methoxy groups -OCH3 is 1. The summed E-state index contributed by atoms with van der Waals surface area (Å²) in [7, 11) is 5.37. The zero-order valence-electron chi connectivity index (χ0n) is 17.5. The molecule has 3 aromatic heterocycles. The van der Waals surface area contributed by atoms with E-state index >= 15 is 0 Å². The van der Waals surface area contributed by atoms with Crippen LogP contribution in [0.2, 0.25) is 0 Å². The quantitative estimate of drug-likeness (QED) is 0.589. The van der Waals surface area contributed by atoms with Crippen molar-refractivity contribution in [2.24, 2.45) is 0 Å². The topological polar surface area (TPSA) is 118 Å². The van der Waals surface area contributed by atoms with Crippen LogP contribution in [-0.2, 0) is 6.54 Å². The van der Waals surface area contributed by atoms with E-state index in [0.717, 1.165) is 17.1 Å². The maximum Gasteiger partial charge on any atom is 0.255 e. The molecule has 1 saturated carbocycles. The van der Waals surface area contributed by atoms with E-state index in [1.807, 2.05) is 30.5 Å². The minimum absolute atomic E-state index is 0.222. The van der Waals surface area contributed by atoms with Gasteiger partial charge in [-0.15, -0.1) is 0 Å². The Kier molecular flexibility index (Phi) is 5.02. The maximum absolute atomic E-state index is 12.8. The molecule has 1 fully saturated rings. The molecule has 0 unspecified atom stereocenters. The summed E-state index contributed by atoms with van der Waals surface area (Å²) in [6.07, 6.45) is 6.13. The highest BCUT2D eigenvalue weighted by molar-refractivity contribution is 6.04. The number of anilines is 1. The Morgan fingerprint density at radius 2 is 2.10 bits per heavy atom. The van der Waals surface area contributed by atoms with E-state index < -0.39 is 5.60 Å². The van der Waals surface area contributed by atoms with Gasteiger partial charge in [-0.25, -0.2) is 15.0 Å². The van der Waals surface area contributed by atoms with Crippen LogP contribution in [0.3, 0.4) is 0 Å². The zero-order chi connectivity index (χ0) is 21.5. The van der Waals surface area contributed by atoms with Gasteiger partial charge in [-0.05, 0) is 19.8 Å². The molecule has 10 nitrogen and oxygen atoms in total. The third-order valence-electron chi connectivity index (χ3n) is 5.31. The summed E-state index contributed by atoms with van der Waals surface area (Å²) in [5, 5.41) is 12.8. The van der Waals surface area contributed by atoms with Crippen molar-refractivity contribution in [1.29, 1.82) is 0 Å². The minimum atomic E-state index is -0.774. The van der Waals surface area contributed by atoms with Gasteiger partial charge >= 0.3 is 0 Å². The lowest BCUT2D eigenvalue weighted by molar-refractivity contribution is 0.0897. The molecule has 30 heavy (non-hydrogen) atoms. The summed E-state index contributed by atoms with van der Waals surface area (Å²) in [5.74, 6) is 0.886. The van der Waals surface area contributed by atoms with E-state index in [1.54, 1.807) is 6.20 Å². The fraction of sp³-hybridized carbons (Fsp3) is 0.450. The Morgan fingerprint density at radius 1 is 1.33 bits per heavy atom. The molecule has 0 radical (unpaired) electrons. The van der Waals surface area contributed by atoms with Gasteiger partial charge in [-0.2, -0.15) is 4.98 Å². The first-order valence-electron chi connectivity index (χ1n) is 9.69. The third-order valence-corrected chi connectivity index (χ3v) is 5.31. The van der Waals surface area contributed by atoms with Crippen molar-refractivity contribution in [3.8, 4) is 5.88 Å². The van der Waals surface area contributed by atoms with Crippen LogP contribution in [0.1, 0.15) is 34.5 Å². The smallest absolute Gasteiger partial charge is 0.255 e. The van der Waals surface area contributed by atoms with Crippen molar-refractivity contribution in [2.45, 2.75) is 31.9 Å². The molecule has 158 valence electrons. The largest absolute Gasteiger partial charge is 0.480 e. The number of carbonyl (C=O) groups excluding carboxylic acids is 1. The second-order valence-corrected chi connectivity index (χ2v) is 7.83. The fourth-order valence-corrected chi connectivity index (χ4v) is 3.33. The summed E-state index contributed by atoms with van der Waals surface area (Å²) in [5.41, 5.74) is 2.37. The summed E-state index contributed by atoms with van der Waals surface area (Å²) in [4.78, 5) is 32.4. The normalized spacial score (nSPS) is 14.6. The van der Waals surface area contributed by atoms with Crippen LogP contribution in [0.15, 0.2) is 18.7 Å². The molecule has 4 rings (SSSR count). The second kappa shape index (κ2) is 7.52. The summed E-state index contributed by atoms with van der Waals surface area (Å²) >= 11 is 0. The van der Waals surface area contributed by atoms with Gasteiger partial charge in [0.15, 0.2) is 5.65 Å². The molecule has 1 amide bonds. The van der Waals surface area contributed by atoms with Crippen LogP contribution in [-0.4, -0.2) is 68.9 Å². The Balaban J connectivity index is 1.72. The van der Waals surface area contributed by atoms with E-state index in [2.05, 4.69) is 25.3 Å². The lowest BCUT2D eigenvalue weighted by Crippen LogP contribution is -2.33. The number of carbonyl (C=O) groups is 1. The van der Waals surface area contributed by atoms with Crippen molar-refractivity contribution in [3.63, 3.8) is 0 Å². The molecule has 10 heteroatoms. The van der Waals surface area contributed by atoms with E-state index in [-0.39, 0.29) is 12.5 Å². The van der Waals surface area contributed by atoms with Crippen LogP contribution in [0, 0.1) is 6.92 Å². The van der Waals surface area contributed by atoms with Gasteiger partial charge < -0.3 is 24.6 Å². The standard InChI is InChI=1S/C20H25N7O3/c1-12-14(23-11-24-17(12)26(2)3)9-27-8-13(19(28)22-10-20(29)5-6-20)16-18(27)25-15(30-4)7-21-16/h7-8,11,29H,5-6,9-10H2,1-4H3,(H,22,28). The second-order valence-electron chi connectivity index (χ2n) is 7.83. The highest BCUT2D eigenvalue weighted by atomic mass is 16.5. The van der Waals surface area contributed by atoms with Crippen LogP contribution in [0.5, 0.6) is 5.88 Å². The maximum atomic E-state index is 12.8. The van der Waals surface area contributed by atoms with Crippen molar-refractivity contribution >= 4 is 22.9 Å². The molecule has 0 saturated heterocycles. The Labute approximate surface area is 173 Å². The first-order chi connectivity index (χ1) is 14.3. The summed E-state index contributed by atoms with van der Waals surface area (Å²) in [6.45, 7) is 2.58. The number of aliphatic hydroxyl groups is 1. The molecule has 0 aliphatic heterocycles. The Hall–Kier alpha value is -3.27. The van der Waals surface area contributed by atoms with Crippen molar-refractivity contribution in [3.05, 3.63) is 35.5 Å². The number of nitrogens with zero attached hydrogens (tertiary/aromatic N) is 6. The van der Waals surface area contributed by atoms with Crippen LogP contribution in [0.4, 0.5) is 5.82 Å². The van der Waals surface area contributed by atoms with E-state index in [0.29, 0.717) is 42.0 Å². The minimum Gasteiger partial charge on any atom is -0.480 e. The van der Waals surface area contributed by atoms with Gasteiger partial charge in [0, 0.05) is 32.4 Å². The number of nitrogens with one attached hydrogen (secondary N) is 1. The number of hydrogen-bond acceptors (Lipinski definition) is 8. The molecule has 3 heterocycles. The van der Waals surface area contributed by atoms with Gasteiger partial charge in [-0.3, -0.25) is 4.79 Å². The van der Waals surface area contributed by atoms with E-state index in [4.69, 9.17) is 4.74 Å². The monoisotopic (exact) mass is 411 g/mol. The highest BCUT2D eigenvalue weighted by Crippen LogP contribution is 2.34. The van der Waals surface area contributed by atoms with Gasteiger partial charge in [0.25, 0.3) is 5.91 Å². The van der Waals surface area contributed by atoms with Gasteiger partial charge in [0.2, 0.25) is 5.88 Å².